The van der Waals surface area contributed by atoms with Crippen LogP contribution in [0, 0.1) is 0 Å². The molecule has 0 radical (unpaired) electrons. The van der Waals surface area contributed by atoms with Crippen molar-refractivity contribution in [2.75, 3.05) is 19.8 Å². The van der Waals surface area contributed by atoms with Crippen LogP contribution in [0.15, 0.2) is 36.5 Å². The quantitative estimate of drug-likeness (QED) is 0.0277. The Labute approximate surface area is 327 Å². The van der Waals surface area contributed by atoms with Crippen molar-refractivity contribution in [1.82, 2.24) is 0 Å². The monoisotopic (exact) mass is 785 g/mol. The van der Waals surface area contributed by atoms with Gasteiger partial charge in [0, 0.05) is 12.8 Å². The number of carboxylic acid groups (broad SMARTS) is 1. The van der Waals surface area contributed by atoms with E-state index in [1.807, 2.05) is 0 Å². The van der Waals surface area contributed by atoms with Gasteiger partial charge in [0.25, 0.3) is 7.82 Å². The molecule has 3 atom stereocenters. The van der Waals surface area contributed by atoms with Gasteiger partial charge in [-0.05, 0) is 44.9 Å². The number of aliphatic carboxylic acids is 1. The normalized spacial score (nSPS) is 14.1. The summed E-state index contributed by atoms with van der Waals surface area (Å²) < 4.78 is 32.3. The van der Waals surface area contributed by atoms with E-state index in [0.29, 0.717) is 12.8 Å². The molecule has 0 aromatic carbocycles. The maximum absolute atomic E-state index is 12.6. The first-order valence-corrected chi connectivity index (χ1v) is 22.5. The molecule has 0 heterocycles. The van der Waals surface area contributed by atoms with Crippen molar-refractivity contribution >= 4 is 25.7 Å². The second-order valence-corrected chi connectivity index (χ2v) is 15.6. The van der Waals surface area contributed by atoms with E-state index in [2.05, 4.69) is 60.6 Å². The van der Waals surface area contributed by atoms with Gasteiger partial charge in [-0.3, -0.25) is 14.2 Å². The fourth-order valence-corrected chi connectivity index (χ4v) is 6.39. The van der Waals surface area contributed by atoms with Crippen LogP contribution in [0.5, 0.6) is 0 Å². The molecule has 54 heavy (non-hydrogen) atoms. The van der Waals surface area contributed by atoms with Gasteiger partial charge in [-0.15, -0.1) is 0 Å². The van der Waals surface area contributed by atoms with Crippen molar-refractivity contribution < 1.29 is 53.2 Å². The van der Waals surface area contributed by atoms with Gasteiger partial charge in [0.1, 0.15) is 25.2 Å². The maximum atomic E-state index is 12.6. The van der Waals surface area contributed by atoms with Gasteiger partial charge in [0.05, 0.1) is 6.61 Å². The molecule has 0 saturated heterocycles. The number of ether oxygens (including phenoxy) is 2. The number of hydrogen-bond acceptors (Lipinski definition) is 10. The largest absolute Gasteiger partial charge is 0.756 e. The molecule has 0 amide bonds. The summed E-state index contributed by atoms with van der Waals surface area (Å²) >= 11 is 0. The highest BCUT2D eigenvalue weighted by Gasteiger charge is 2.22. The predicted molar refractivity (Wildman–Crippen MR) is 211 cm³/mol. The highest BCUT2D eigenvalue weighted by molar-refractivity contribution is 7.45. The lowest BCUT2D eigenvalue weighted by molar-refractivity contribution is -0.441. The lowest BCUT2D eigenvalue weighted by Gasteiger charge is -2.26. The number of esters is 2. The second-order valence-electron chi connectivity index (χ2n) is 14.1. The predicted octanol–water partition coefficient (Wildman–Crippen LogP) is 8.15. The van der Waals surface area contributed by atoms with Crippen LogP contribution in [0.4, 0.5) is 0 Å². The maximum Gasteiger partial charge on any atom is 0.306 e. The van der Waals surface area contributed by atoms with E-state index in [4.69, 9.17) is 14.0 Å². The molecule has 11 nitrogen and oxygen atoms in total. The number of allylic oxidation sites excluding steroid dienone is 6. The van der Waals surface area contributed by atoms with Crippen molar-refractivity contribution in [3.8, 4) is 0 Å². The van der Waals surface area contributed by atoms with Crippen LogP contribution < -0.4 is 15.7 Å². The summed E-state index contributed by atoms with van der Waals surface area (Å²) in [6.45, 7) is 2.57. The third-order valence-electron chi connectivity index (χ3n) is 8.93. The standard InChI is InChI=1S/C42H76NO10P/c1-3-5-7-9-11-13-15-17-19-21-23-25-27-29-31-33-40(44)50-35-38(36-51-54(48,49)52-37-39(43)42(46)47)53-41(45)34-32-30-28-26-24-22-20-18-16-14-12-10-8-6-4-2/h6,8,12,14,18,20,38-39H,3-5,7,9-11,13,15-17,19,21-37,43H2,1-2H3,(H,46,47)(H,48,49)/p-1/b8-6-,14-12-,20-18-/t38-,39+/m1/s1. The summed E-state index contributed by atoms with van der Waals surface area (Å²) in [5.41, 5.74) is 3.24. The summed E-state index contributed by atoms with van der Waals surface area (Å²) in [7, 11) is -4.95. The van der Waals surface area contributed by atoms with Gasteiger partial charge in [-0.25, -0.2) is 0 Å². The van der Waals surface area contributed by atoms with Gasteiger partial charge >= 0.3 is 11.9 Å². The lowest BCUT2D eigenvalue weighted by atomic mass is 10.0. The molecule has 0 aromatic heterocycles. The Balaban J connectivity index is 4.40. The Hall–Kier alpha value is -2.30. The molecule has 0 spiro atoms. The fraction of sp³-hybridized carbons (Fsp3) is 0.786. The number of unbranched alkanes of at least 4 members (excludes halogenated alkanes) is 19. The van der Waals surface area contributed by atoms with E-state index in [0.717, 1.165) is 70.6 Å². The molecular weight excluding hydrogens is 709 g/mol. The Kier molecular flexibility index (Phi) is 36.0. The second kappa shape index (κ2) is 37.6. The summed E-state index contributed by atoms with van der Waals surface area (Å²) in [4.78, 5) is 48.0. The minimum absolute atomic E-state index is 0.129. The summed E-state index contributed by atoms with van der Waals surface area (Å²) in [5.74, 6) is -2.60. The van der Waals surface area contributed by atoms with E-state index in [1.165, 1.54) is 70.6 Å². The number of hydrogen-bond donors (Lipinski definition) is 1. The van der Waals surface area contributed by atoms with Crippen molar-refractivity contribution in [3.63, 3.8) is 0 Å². The Morgan fingerprint density at radius 1 is 0.593 bits per heavy atom. The van der Waals surface area contributed by atoms with Crippen molar-refractivity contribution in [1.29, 1.82) is 0 Å². The van der Waals surface area contributed by atoms with Gasteiger partial charge in [0.2, 0.25) is 0 Å². The molecule has 0 aliphatic carbocycles. The van der Waals surface area contributed by atoms with Gasteiger partial charge in [-0.1, -0.05) is 159 Å². The molecule has 12 heteroatoms. The highest BCUT2D eigenvalue weighted by Crippen LogP contribution is 2.38. The zero-order valence-corrected chi connectivity index (χ0v) is 34.8. The number of carboxylic acids is 1. The van der Waals surface area contributed by atoms with E-state index in [9.17, 15) is 28.9 Å². The molecule has 0 aromatic rings. The summed E-state index contributed by atoms with van der Waals surface area (Å²) in [6.07, 6.45) is 39.0. The van der Waals surface area contributed by atoms with Crippen LogP contribution in [0.3, 0.4) is 0 Å². The number of rotatable bonds is 39. The van der Waals surface area contributed by atoms with Crippen molar-refractivity contribution in [3.05, 3.63) is 36.5 Å². The molecular formula is C42H75NO10P-. The SMILES string of the molecule is CC/C=C\C/C=C\C/C=C\CCCCCCCC(=O)O[C@H](COC(=O)CCCCCCCCCCCCCCCCC)COP(=O)([O-])OC[C@H]([NH3+])C(=O)[O-]. The van der Waals surface area contributed by atoms with E-state index >= 15 is 0 Å². The molecule has 3 N–H and O–H groups in total. The van der Waals surface area contributed by atoms with Crippen molar-refractivity contribution in [2.24, 2.45) is 0 Å². The van der Waals surface area contributed by atoms with E-state index in [-0.39, 0.29) is 19.4 Å². The first-order valence-electron chi connectivity index (χ1n) is 21.0. The first kappa shape index (κ1) is 51.7. The molecule has 0 aliphatic rings. The molecule has 1 unspecified atom stereocenters. The van der Waals surface area contributed by atoms with Crippen LogP contribution in [0.2, 0.25) is 0 Å². The Bertz CT molecular complexity index is 1060. The molecule has 0 saturated carbocycles. The van der Waals surface area contributed by atoms with Crippen LogP contribution >= 0.6 is 7.82 Å². The van der Waals surface area contributed by atoms with Crippen LogP contribution in [0.1, 0.15) is 181 Å². The van der Waals surface area contributed by atoms with Crippen molar-refractivity contribution in [2.45, 2.75) is 193 Å². The van der Waals surface area contributed by atoms with Gasteiger partial charge in [0.15, 0.2) is 6.10 Å². The Morgan fingerprint density at radius 3 is 1.56 bits per heavy atom. The summed E-state index contributed by atoms with van der Waals surface area (Å²) in [5, 5.41) is 10.8. The third-order valence-corrected chi connectivity index (χ3v) is 9.86. The van der Waals surface area contributed by atoms with Crippen LogP contribution in [-0.4, -0.2) is 49.9 Å². The molecule has 0 bridgehead atoms. The number of phosphoric ester groups is 1. The minimum Gasteiger partial charge on any atom is -0.756 e. The third kappa shape index (κ3) is 36.7. The molecule has 0 aliphatic heterocycles. The highest BCUT2D eigenvalue weighted by atomic mass is 31.2. The summed E-state index contributed by atoms with van der Waals surface area (Å²) in [6, 6.07) is -1.42. The smallest absolute Gasteiger partial charge is 0.306 e. The van der Waals surface area contributed by atoms with Gasteiger partial charge < -0.3 is 39.0 Å². The average molecular weight is 785 g/mol. The first-order chi connectivity index (χ1) is 26.1. The Morgan fingerprint density at radius 2 is 1.04 bits per heavy atom. The topological polar surface area (TPSA) is 179 Å². The van der Waals surface area contributed by atoms with Gasteiger partial charge in [-0.2, -0.15) is 0 Å². The number of carbonyl (C=O) groups excluding carboxylic acids is 3. The van der Waals surface area contributed by atoms with Crippen LogP contribution in [0.25, 0.3) is 0 Å². The zero-order valence-electron chi connectivity index (χ0n) is 33.9. The molecule has 0 fully saturated rings. The minimum atomic E-state index is -4.95. The van der Waals surface area contributed by atoms with Crippen LogP contribution in [-0.2, 0) is 37.5 Å². The zero-order chi connectivity index (χ0) is 40.0. The lowest BCUT2D eigenvalue weighted by Crippen LogP contribution is -2.70. The average Bonchev–Trinajstić information content (AvgIpc) is 3.14. The number of phosphoric acid groups is 1. The number of carbonyl (C=O) groups is 3. The van der Waals surface area contributed by atoms with E-state index in [1.54, 1.807) is 0 Å². The number of quaternary nitrogens is 1. The van der Waals surface area contributed by atoms with E-state index < -0.39 is 51.1 Å². The molecule has 0 rings (SSSR count). The molecule has 314 valence electrons. The fourth-order valence-electron chi connectivity index (χ4n) is 5.61.